The molecule has 2 fully saturated rings. The lowest BCUT2D eigenvalue weighted by atomic mass is 10.0. The van der Waals surface area contributed by atoms with Gasteiger partial charge in [-0.25, -0.2) is 9.59 Å². The lowest BCUT2D eigenvalue weighted by molar-refractivity contribution is -0.159. The number of rotatable bonds is 6. The fourth-order valence-electron chi connectivity index (χ4n) is 4.80. The number of aliphatic carboxylic acids is 2. The zero-order chi connectivity index (χ0) is 25.2. The van der Waals surface area contributed by atoms with E-state index in [0.717, 1.165) is 50.9 Å². The number of para-hydroxylation sites is 2. The molecule has 0 aliphatic carbocycles. The quantitative estimate of drug-likeness (QED) is 0.605. The van der Waals surface area contributed by atoms with Crippen LogP contribution in [0, 0.1) is 0 Å². The first-order valence-electron chi connectivity index (χ1n) is 12.3. The molecule has 0 bridgehead atoms. The number of hydrogen-bond acceptors (Lipinski definition) is 6. The maximum Gasteiger partial charge on any atom is 0.414 e. The molecule has 2 aromatic rings. The van der Waals surface area contributed by atoms with Gasteiger partial charge in [0.05, 0.1) is 12.8 Å². The van der Waals surface area contributed by atoms with E-state index in [2.05, 4.69) is 64.1 Å². The van der Waals surface area contributed by atoms with Crippen LogP contribution in [-0.2, 0) is 22.6 Å². The Hall–Kier alpha value is -3.10. The summed E-state index contributed by atoms with van der Waals surface area (Å²) in [7, 11) is 1.76. The SMILES string of the molecule is CCc1ccc(CN2CCC(N3CCN(c4ccccc4OC)CC3)CC2)cc1.O=C(O)C(=O)O. The second kappa shape index (κ2) is 13.1. The summed E-state index contributed by atoms with van der Waals surface area (Å²) in [5, 5.41) is 14.8. The highest BCUT2D eigenvalue weighted by Gasteiger charge is 2.28. The Morgan fingerprint density at radius 2 is 1.43 bits per heavy atom. The number of likely N-dealkylation sites (tertiary alicyclic amines) is 1. The highest BCUT2D eigenvalue weighted by Crippen LogP contribution is 2.29. The first-order valence-corrected chi connectivity index (χ1v) is 12.3. The average Bonchev–Trinajstić information content (AvgIpc) is 2.90. The molecule has 2 saturated heterocycles. The molecule has 0 atom stereocenters. The Balaban J connectivity index is 0.000000509. The molecule has 8 heteroatoms. The monoisotopic (exact) mass is 483 g/mol. The summed E-state index contributed by atoms with van der Waals surface area (Å²) in [4.78, 5) is 26.0. The number of hydrogen-bond donors (Lipinski definition) is 2. The van der Waals surface area contributed by atoms with Gasteiger partial charge in [0, 0.05) is 38.8 Å². The standard InChI is InChI=1S/C25H35N3O.C2H2O4/c1-3-21-8-10-22(11-9-21)20-26-14-12-23(13-15-26)27-16-18-28(19-17-27)24-6-4-5-7-25(24)29-2;3-1(4)2(5)6/h4-11,23H,3,12-20H2,1-2H3;(H,3,4)(H,5,6). The normalized spacial score (nSPS) is 17.4. The van der Waals surface area contributed by atoms with Crippen molar-refractivity contribution in [1.29, 1.82) is 0 Å². The minimum absolute atomic E-state index is 0.744. The lowest BCUT2D eigenvalue weighted by Gasteiger charge is -2.43. The van der Waals surface area contributed by atoms with Gasteiger partial charge in [0.15, 0.2) is 0 Å². The molecular formula is C27H37N3O5. The number of anilines is 1. The number of ether oxygens (including phenoxy) is 1. The second-order valence-corrected chi connectivity index (χ2v) is 8.98. The van der Waals surface area contributed by atoms with E-state index in [9.17, 15) is 0 Å². The van der Waals surface area contributed by atoms with Crippen molar-refractivity contribution in [2.45, 2.75) is 38.8 Å². The van der Waals surface area contributed by atoms with E-state index >= 15 is 0 Å². The molecule has 190 valence electrons. The molecule has 0 unspecified atom stereocenters. The minimum Gasteiger partial charge on any atom is -0.495 e. The third kappa shape index (κ3) is 7.70. The van der Waals surface area contributed by atoms with Gasteiger partial charge in [-0.05, 0) is 55.6 Å². The van der Waals surface area contributed by atoms with E-state index in [1.54, 1.807) is 7.11 Å². The number of aryl methyl sites for hydroxylation is 1. The molecule has 8 nitrogen and oxygen atoms in total. The van der Waals surface area contributed by atoms with Gasteiger partial charge in [0.1, 0.15) is 5.75 Å². The minimum atomic E-state index is -1.82. The first-order chi connectivity index (χ1) is 16.9. The lowest BCUT2D eigenvalue weighted by Crippen LogP contribution is -2.53. The Morgan fingerprint density at radius 1 is 0.857 bits per heavy atom. The number of carboxylic acids is 2. The van der Waals surface area contributed by atoms with Crippen molar-refractivity contribution < 1.29 is 24.5 Å². The van der Waals surface area contributed by atoms with Crippen LogP contribution in [0.25, 0.3) is 0 Å². The summed E-state index contributed by atoms with van der Waals surface area (Å²) < 4.78 is 5.55. The zero-order valence-electron chi connectivity index (χ0n) is 20.7. The van der Waals surface area contributed by atoms with Crippen molar-refractivity contribution in [3.8, 4) is 5.75 Å². The Bertz CT molecular complexity index is 938. The van der Waals surface area contributed by atoms with E-state index < -0.39 is 11.9 Å². The van der Waals surface area contributed by atoms with E-state index in [0.29, 0.717) is 0 Å². The molecule has 2 heterocycles. The fraction of sp³-hybridized carbons (Fsp3) is 0.481. The van der Waals surface area contributed by atoms with Crippen LogP contribution in [0.4, 0.5) is 5.69 Å². The van der Waals surface area contributed by atoms with Crippen LogP contribution in [0.5, 0.6) is 5.75 Å². The molecule has 2 aromatic carbocycles. The van der Waals surface area contributed by atoms with Gasteiger partial charge >= 0.3 is 11.9 Å². The molecule has 2 aliphatic rings. The van der Waals surface area contributed by atoms with Crippen LogP contribution in [-0.4, -0.2) is 84.4 Å². The summed E-state index contributed by atoms with van der Waals surface area (Å²) in [5.41, 5.74) is 4.12. The third-order valence-electron chi connectivity index (χ3n) is 6.83. The molecule has 0 radical (unpaired) electrons. The van der Waals surface area contributed by atoms with E-state index in [1.165, 1.54) is 42.7 Å². The molecule has 0 spiro atoms. The highest BCUT2D eigenvalue weighted by atomic mass is 16.5. The van der Waals surface area contributed by atoms with Crippen molar-refractivity contribution in [3.05, 3.63) is 59.7 Å². The molecule has 2 aliphatic heterocycles. The molecule has 0 amide bonds. The van der Waals surface area contributed by atoms with Crippen molar-refractivity contribution in [1.82, 2.24) is 9.80 Å². The largest absolute Gasteiger partial charge is 0.495 e. The van der Waals surface area contributed by atoms with Crippen LogP contribution < -0.4 is 9.64 Å². The Labute approximate surface area is 207 Å². The van der Waals surface area contributed by atoms with Gasteiger partial charge < -0.3 is 19.8 Å². The van der Waals surface area contributed by atoms with Crippen molar-refractivity contribution in [2.24, 2.45) is 0 Å². The molecule has 4 rings (SSSR count). The number of carbonyl (C=O) groups is 2. The average molecular weight is 484 g/mol. The smallest absolute Gasteiger partial charge is 0.414 e. The first kappa shape index (κ1) is 26.5. The van der Waals surface area contributed by atoms with Gasteiger partial charge in [0.2, 0.25) is 0 Å². The summed E-state index contributed by atoms with van der Waals surface area (Å²) >= 11 is 0. The van der Waals surface area contributed by atoms with Crippen molar-refractivity contribution >= 4 is 17.6 Å². The van der Waals surface area contributed by atoms with Gasteiger partial charge in [-0.3, -0.25) is 9.80 Å². The van der Waals surface area contributed by atoms with Crippen LogP contribution >= 0.6 is 0 Å². The number of benzene rings is 2. The van der Waals surface area contributed by atoms with E-state index in [-0.39, 0.29) is 0 Å². The Kier molecular flexibility index (Phi) is 9.93. The predicted molar refractivity (Wildman–Crippen MR) is 136 cm³/mol. The summed E-state index contributed by atoms with van der Waals surface area (Å²) in [5.74, 6) is -2.66. The molecule has 0 aromatic heterocycles. The van der Waals surface area contributed by atoms with Crippen LogP contribution in [0.15, 0.2) is 48.5 Å². The van der Waals surface area contributed by atoms with Gasteiger partial charge in [-0.2, -0.15) is 0 Å². The van der Waals surface area contributed by atoms with Crippen LogP contribution in [0.1, 0.15) is 30.9 Å². The summed E-state index contributed by atoms with van der Waals surface area (Å²) in [6.45, 7) is 10.2. The third-order valence-corrected chi connectivity index (χ3v) is 6.83. The topological polar surface area (TPSA) is 93.5 Å². The van der Waals surface area contributed by atoms with Gasteiger partial charge in [0.25, 0.3) is 0 Å². The molecule has 0 saturated carbocycles. The maximum atomic E-state index is 9.10. The summed E-state index contributed by atoms with van der Waals surface area (Å²) in [6, 6.07) is 18.3. The molecular weight excluding hydrogens is 446 g/mol. The van der Waals surface area contributed by atoms with Crippen molar-refractivity contribution in [3.63, 3.8) is 0 Å². The van der Waals surface area contributed by atoms with Gasteiger partial charge in [-0.1, -0.05) is 43.3 Å². The van der Waals surface area contributed by atoms with E-state index in [4.69, 9.17) is 24.5 Å². The van der Waals surface area contributed by atoms with Gasteiger partial charge in [-0.15, -0.1) is 0 Å². The fourth-order valence-corrected chi connectivity index (χ4v) is 4.80. The second-order valence-electron chi connectivity index (χ2n) is 8.98. The molecule has 2 N–H and O–H groups in total. The number of carboxylic acid groups (broad SMARTS) is 2. The number of piperazine rings is 1. The number of methoxy groups -OCH3 is 1. The maximum absolute atomic E-state index is 9.10. The zero-order valence-corrected chi connectivity index (χ0v) is 20.7. The Morgan fingerprint density at radius 3 is 1.97 bits per heavy atom. The highest BCUT2D eigenvalue weighted by molar-refractivity contribution is 6.27. The van der Waals surface area contributed by atoms with Crippen LogP contribution in [0.2, 0.25) is 0 Å². The van der Waals surface area contributed by atoms with Crippen molar-refractivity contribution in [2.75, 3.05) is 51.3 Å². The van der Waals surface area contributed by atoms with Crippen LogP contribution in [0.3, 0.4) is 0 Å². The number of piperidine rings is 1. The predicted octanol–water partition coefficient (Wildman–Crippen LogP) is 3.20. The number of nitrogens with zero attached hydrogens (tertiary/aromatic N) is 3. The molecule has 35 heavy (non-hydrogen) atoms. The summed E-state index contributed by atoms with van der Waals surface area (Å²) in [6.07, 6.45) is 3.71. The van der Waals surface area contributed by atoms with E-state index in [1.807, 2.05) is 6.07 Å².